The van der Waals surface area contributed by atoms with Gasteiger partial charge in [-0.1, -0.05) is 13.8 Å². The zero-order valence-electron chi connectivity index (χ0n) is 13.7. The normalized spacial score (nSPS) is 11.4. The van der Waals surface area contributed by atoms with Gasteiger partial charge in [-0.05, 0) is 27.8 Å². The predicted octanol–water partition coefficient (Wildman–Crippen LogP) is 2.78. The molecule has 1 heterocycles. The van der Waals surface area contributed by atoms with E-state index in [1.165, 1.54) is 0 Å². The maximum atomic E-state index is 4.58. The molecule has 20 heavy (non-hydrogen) atoms. The Balaban J connectivity index is 2.68. The number of aromatic nitrogens is 2. The summed E-state index contributed by atoms with van der Waals surface area (Å²) in [5.41, 5.74) is 0. The van der Waals surface area contributed by atoms with Crippen molar-refractivity contribution in [3.8, 4) is 0 Å². The summed E-state index contributed by atoms with van der Waals surface area (Å²) in [4.78, 5) is 11.4. The fourth-order valence-corrected chi connectivity index (χ4v) is 1.70. The van der Waals surface area contributed by atoms with E-state index in [1.54, 1.807) is 0 Å². The summed E-state index contributed by atoms with van der Waals surface area (Å²) in [5, 5.41) is 6.65. The average molecular weight is 279 g/mol. The van der Waals surface area contributed by atoms with E-state index in [-0.39, 0.29) is 0 Å². The van der Waals surface area contributed by atoms with Gasteiger partial charge in [-0.25, -0.2) is 9.97 Å². The highest BCUT2D eigenvalue weighted by molar-refractivity contribution is 5.47. The maximum absolute atomic E-state index is 4.58. The van der Waals surface area contributed by atoms with E-state index in [0.717, 1.165) is 37.1 Å². The first-order valence-corrected chi connectivity index (χ1v) is 7.51. The molecule has 0 fully saturated rings. The van der Waals surface area contributed by atoms with Crippen LogP contribution >= 0.6 is 0 Å². The first kappa shape index (κ1) is 16.7. The average Bonchev–Trinajstić information content (AvgIpc) is 2.38. The van der Waals surface area contributed by atoms with Crippen LogP contribution in [0.4, 0.5) is 11.6 Å². The lowest BCUT2D eigenvalue weighted by molar-refractivity contribution is 0.284. The summed E-state index contributed by atoms with van der Waals surface area (Å²) in [7, 11) is 2.13. The van der Waals surface area contributed by atoms with E-state index in [1.807, 2.05) is 6.07 Å². The van der Waals surface area contributed by atoms with Gasteiger partial charge in [0.15, 0.2) is 0 Å². The van der Waals surface area contributed by atoms with E-state index in [0.29, 0.717) is 12.0 Å². The SMILES string of the molecule is CCNc1cc(NCCN(C)C(C)C)nc(C(C)C)n1. The van der Waals surface area contributed by atoms with Crippen molar-refractivity contribution >= 4 is 11.6 Å². The Kier molecular flexibility index (Phi) is 6.71. The summed E-state index contributed by atoms with van der Waals surface area (Å²) in [6.07, 6.45) is 0. The van der Waals surface area contributed by atoms with Crippen molar-refractivity contribution in [3.63, 3.8) is 0 Å². The lowest BCUT2D eigenvalue weighted by Gasteiger charge is -2.21. The minimum atomic E-state index is 0.326. The van der Waals surface area contributed by atoms with Gasteiger partial charge in [-0.3, -0.25) is 0 Å². The first-order chi connectivity index (χ1) is 9.43. The van der Waals surface area contributed by atoms with Crippen LogP contribution in [0.2, 0.25) is 0 Å². The minimum Gasteiger partial charge on any atom is -0.370 e. The van der Waals surface area contributed by atoms with Gasteiger partial charge in [0, 0.05) is 37.7 Å². The quantitative estimate of drug-likeness (QED) is 0.766. The number of nitrogens with one attached hydrogen (secondary N) is 2. The molecule has 0 radical (unpaired) electrons. The monoisotopic (exact) mass is 279 g/mol. The van der Waals surface area contributed by atoms with E-state index in [9.17, 15) is 0 Å². The molecule has 0 aliphatic carbocycles. The molecular weight excluding hydrogens is 250 g/mol. The fraction of sp³-hybridized carbons (Fsp3) is 0.733. The largest absolute Gasteiger partial charge is 0.370 e. The first-order valence-electron chi connectivity index (χ1n) is 7.51. The lowest BCUT2D eigenvalue weighted by atomic mass is 10.2. The molecule has 1 aromatic rings. The van der Waals surface area contributed by atoms with Gasteiger partial charge < -0.3 is 15.5 Å². The Hall–Kier alpha value is -1.36. The molecule has 2 N–H and O–H groups in total. The molecule has 0 aromatic carbocycles. The number of rotatable bonds is 8. The van der Waals surface area contributed by atoms with Crippen molar-refractivity contribution < 1.29 is 0 Å². The molecule has 1 aromatic heterocycles. The topological polar surface area (TPSA) is 53.1 Å². The van der Waals surface area contributed by atoms with Crippen LogP contribution in [0, 0.1) is 0 Å². The molecule has 1 rings (SSSR count). The van der Waals surface area contributed by atoms with E-state index >= 15 is 0 Å². The maximum Gasteiger partial charge on any atom is 0.135 e. The van der Waals surface area contributed by atoms with Crippen molar-refractivity contribution in [1.29, 1.82) is 0 Å². The number of hydrogen-bond donors (Lipinski definition) is 2. The smallest absolute Gasteiger partial charge is 0.135 e. The summed E-state index contributed by atoms with van der Waals surface area (Å²) >= 11 is 0. The van der Waals surface area contributed by atoms with Crippen LogP contribution in [0.1, 0.15) is 46.4 Å². The Morgan fingerprint density at radius 3 is 2.20 bits per heavy atom. The zero-order chi connectivity index (χ0) is 15.1. The summed E-state index contributed by atoms with van der Waals surface area (Å²) < 4.78 is 0. The Bertz CT molecular complexity index is 403. The second-order valence-corrected chi connectivity index (χ2v) is 5.68. The van der Waals surface area contributed by atoms with Crippen LogP contribution < -0.4 is 10.6 Å². The van der Waals surface area contributed by atoms with Gasteiger partial charge in [-0.2, -0.15) is 0 Å². The van der Waals surface area contributed by atoms with E-state index < -0.39 is 0 Å². The van der Waals surface area contributed by atoms with Gasteiger partial charge in [0.1, 0.15) is 17.5 Å². The van der Waals surface area contributed by atoms with Crippen molar-refractivity contribution in [2.75, 3.05) is 37.3 Å². The molecule has 0 saturated carbocycles. The molecule has 0 atom stereocenters. The van der Waals surface area contributed by atoms with Gasteiger partial charge in [0.05, 0.1) is 0 Å². The molecular formula is C15H29N5. The molecule has 0 aliphatic rings. The van der Waals surface area contributed by atoms with Crippen LogP contribution in [0.25, 0.3) is 0 Å². The third-order valence-corrected chi connectivity index (χ3v) is 3.27. The zero-order valence-corrected chi connectivity index (χ0v) is 13.7. The molecule has 0 unspecified atom stereocenters. The second-order valence-electron chi connectivity index (χ2n) is 5.68. The van der Waals surface area contributed by atoms with Gasteiger partial charge >= 0.3 is 0 Å². The highest BCUT2D eigenvalue weighted by Crippen LogP contribution is 2.16. The molecule has 5 nitrogen and oxygen atoms in total. The van der Waals surface area contributed by atoms with Crippen LogP contribution in [0.15, 0.2) is 6.07 Å². The van der Waals surface area contributed by atoms with Crippen LogP contribution in [0.3, 0.4) is 0 Å². The molecule has 0 saturated heterocycles. The molecule has 0 amide bonds. The fourth-order valence-electron chi connectivity index (χ4n) is 1.70. The van der Waals surface area contributed by atoms with E-state index in [4.69, 9.17) is 0 Å². The summed E-state index contributed by atoms with van der Waals surface area (Å²) in [6.45, 7) is 13.4. The van der Waals surface area contributed by atoms with E-state index in [2.05, 4.69) is 67.2 Å². The Morgan fingerprint density at radius 1 is 1.10 bits per heavy atom. The third-order valence-electron chi connectivity index (χ3n) is 3.27. The number of hydrogen-bond acceptors (Lipinski definition) is 5. The van der Waals surface area contributed by atoms with Gasteiger partial charge in [-0.15, -0.1) is 0 Å². The van der Waals surface area contributed by atoms with Crippen molar-refractivity contribution in [3.05, 3.63) is 11.9 Å². The van der Waals surface area contributed by atoms with Crippen molar-refractivity contribution in [2.45, 2.75) is 46.6 Å². The molecule has 5 heteroatoms. The number of likely N-dealkylation sites (N-methyl/N-ethyl adjacent to an activating group) is 1. The van der Waals surface area contributed by atoms with Crippen LogP contribution in [-0.2, 0) is 0 Å². The summed E-state index contributed by atoms with van der Waals surface area (Å²) in [5.74, 6) is 3.00. The highest BCUT2D eigenvalue weighted by atomic mass is 15.1. The molecule has 0 aliphatic heterocycles. The standard InChI is InChI=1S/C15H29N5/c1-7-16-13-10-14(19-15(18-13)11(2)3)17-8-9-20(6)12(4)5/h10-12H,7-9H2,1-6H3,(H2,16,17,18,19). The Labute approximate surface area is 123 Å². The predicted molar refractivity (Wildman–Crippen MR) is 86.5 cm³/mol. The van der Waals surface area contributed by atoms with Gasteiger partial charge in [0.25, 0.3) is 0 Å². The number of anilines is 2. The van der Waals surface area contributed by atoms with Gasteiger partial charge in [0.2, 0.25) is 0 Å². The molecule has 0 spiro atoms. The van der Waals surface area contributed by atoms with Crippen LogP contribution in [0.5, 0.6) is 0 Å². The van der Waals surface area contributed by atoms with Crippen molar-refractivity contribution in [2.24, 2.45) is 0 Å². The number of nitrogens with zero attached hydrogens (tertiary/aromatic N) is 3. The Morgan fingerprint density at radius 2 is 1.70 bits per heavy atom. The molecule has 0 bridgehead atoms. The lowest BCUT2D eigenvalue weighted by Crippen LogP contribution is -2.31. The van der Waals surface area contributed by atoms with Crippen molar-refractivity contribution in [1.82, 2.24) is 14.9 Å². The molecule has 114 valence electrons. The van der Waals surface area contributed by atoms with Crippen LogP contribution in [-0.4, -0.2) is 47.6 Å². The minimum absolute atomic E-state index is 0.326. The summed E-state index contributed by atoms with van der Waals surface area (Å²) in [6, 6.07) is 2.54. The third kappa shape index (κ3) is 5.33. The second kappa shape index (κ2) is 8.04. The highest BCUT2D eigenvalue weighted by Gasteiger charge is 2.08.